The van der Waals surface area contributed by atoms with Crippen molar-refractivity contribution in [2.24, 2.45) is 0 Å². The Kier molecular flexibility index (Phi) is 3.04. The molecule has 0 fully saturated rings. The molecule has 0 spiro atoms. The van der Waals surface area contributed by atoms with Crippen LogP contribution in [0.25, 0.3) is 4.98 Å². The largest absolute Gasteiger partial charge is 0.386 e. The Balaban J connectivity index is 2.27. The normalized spacial score (nSPS) is 9.50. The highest BCUT2D eigenvalue weighted by Crippen LogP contribution is 2.29. The fourth-order valence-electron chi connectivity index (χ4n) is 1.34. The van der Waals surface area contributed by atoms with E-state index in [9.17, 15) is 0 Å². The lowest BCUT2D eigenvalue weighted by Gasteiger charge is -2.06. The smallest absolute Gasteiger partial charge is 0.354 e. The molecule has 0 amide bonds. The first-order valence-electron chi connectivity index (χ1n) is 4.76. The van der Waals surface area contributed by atoms with E-state index >= 15 is 0 Å². The molecule has 2 aromatic rings. The number of para-hydroxylation sites is 1. The summed E-state index contributed by atoms with van der Waals surface area (Å²) in [7, 11) is 0. The minimum Gasteiger partial charge on any atom is -0.354 e. The molecule has 78 valence electrons. The number of hydrogen-bond acceptors (Lipinski definition) is 2. The van der Waals surface area contributed by atoms with Gasteiger partial charge in [-0.2, -0.15) is 0 Å². The van der Waals surface area contributed by atoms with Crippen molar-refractivity contribution >= 4 is 28.7 Å². The van der Waals surface area contributed by atoms with Crippen LogP contribution in [0.2, 0.25) is 5.02 Å². The van der Waals surface area contributed by atoms with Crippen LogP contribution in [0.5, 0.6) is 0 Å². The van der Waals surface area contributed by atoms with E-state index in [-0.39, 0.29) is 0 Å². The fourth-order valence-corrected chi connectivity index (χ4v) is 1.57. The minimum absolute atomic E-state index is 0.434. The number of diazo groups is 1. The van der Waals surface area contributed by atoms with E-state index in [0.717, 1.165) is 11.4 Å². The third kappa shape index (κ3) is 2.30. The van der Waals surface area contributed by atoms with Gasteiger partial charge in [0, 0.05) is 11.8 Å². The van der Waals surface area contributed by atoms with Gasteiger partial charge in [0.1, 0.15) is 0 Å². The van der Waals surface area contributed by atoms with E-state index in [4.69, 9.17) is 17.0 Å². The second kappa shape index (κ2) is 4.65. The van der Waals surface area contributed by atoms with Crippen molar-refractivity contribution in [3.63, 3.8) is 0 Å². The van der Waals surface area contributed by atoms with Gasteiger partial charge >= 0.3 is 5.69 Å². The fraction of sp³-hybridized carbons (Fsp3) is 0. The van der Waals surface area contributed by atoms with Gasteiger partial charge in [-0.05, 0) is 18.2 Å². The summed E-state index contributed by atoms with van der Waals surface area (Å²) in [4.78, 5) is 3.07. The zero-order chi connectivity index (χ0) is 11.4. The van der Waals surface area contributed by atoms with Crippen LogP contribution in [0.3, 0.4) is 0 Å². The molecule has 16 heavy (non-hydrogen) atoms. The molecule has 0 aliphatic rings. The Hall–Kier alpha value is -2.05. The molecule has 0 aliphatic carbocycles. The molecule has 3 nitrogen and oxygen atoms in total. The SMILES string of the molecule is N#[N+]c1ccc(Nc2ccccc2)c(Cl)c1. The molecule has 0 atom stereocenters. The first-order chi connectivity index (χ1) is 7.79. The summed E-state index contributed by atoms with van der Waals surface area (Å²) in [5.74, 6) is 0. The van der Waals surface area contributed by atoms with Crippen molar-refractivity contribution < 1.29 is 0 Å². The second-order valence-corrected chi connectivity index (χ2v) is 3.66. The third-order valence-electron chi connectivity index (χ3n) is 2.12. The Morgan fingerprint density at radius 3 is 2.44 bits per heavy atom. The minimum atomic E-state index is 0.434. The lowest BCUT2D eigenvalue weighted by molar-refractivity contribution is 1.46. The Morgan fingerprint density at radius 1 is 1.06 bits per heavy atom. The molecule has 0 bridgehead atoms. The zero-order valence-electron chi connectivity index (χ0n) is 8.39. The quantitative estimate of drug-likeness (QED) is 0.768. The maximum absolute atomic E-state index is 8.59. The lowest BCUT2D eigenvalue weighted by atomic mass is 10.2. The van der Waals surface area contributed by atoms with Gasteiger partial charge in [-0.1, -0.05) is 29.8 Å². The number of nitrogens with zero attached hydrogens (tertiary/aromatic N) is 2. The van der Waals surface area contributed by atoms with Gasteiger partial charge in [-0.25, -0.2) is 0 Å². The van der Waals surface area contributed by atoms with Gasteiger partial charge in [-0.3, -0.25) is 0 Å². The average Bonchev–Trinajstić information content (AvgIpc) is 2.33. The van der Waals surface area contributed by atoms with E-state index in [1.54, 1.807) is 18.2 Å². The number of halogens is 1. The second-order valence-electron chi connectivity index (χ2n) is 3.26. The third-order valence-corrected chi connectivity index (χ3v) is 2.43. The first kappa shape index (κ1) is 10.5. The molecule has 0 aromatic heterocycles. The summed E-state index contributed by atoms with van der Waals surface area (Å²) < 4.78 is 0. The predicted molar refractivity (Wildman–Crippen MR) is 65.9 cm³/mol. The van der Waals surface area contributed by atoms with E-state index in [1.807, 2.05) is 30.3 Å². The highest BCUT2D eigenvalue weighted by atomic mass is 35.5. The van der Waals surface area contributed by atoms with Crippen molar-refractivity contribution in [1.29, 1.82) is 5.39 Å². The van der Waals surface area contributed by atoms with E-state index in [2.05, 4.69) is 10.3 Å². The zero-order valence-corrected chi connectivity index (χ0v) is 9.15. The van der Waals surface area contributed by atoms with Crippen LogP contribution in [0.1, 0.15) is 0 Å². The monoisotopic (exact) mass is 230 g/mol. The van der Waals surface area contributed by atoms with E-state index in [0.29, 0.717) is 10.7 Å². The number of hydrogen-bond donors (Lipinski definition) is 1. The molecule has 0 heterocycles. The number of rotatable bonds is 2. The molecule has 2 rings (SSSR count). The van der Waals surface area contributed by atoms with Crippen molar-refractivity contribution in [2.45, 2.75) is 0 Å². The molecule has 4 heteroatoms. The van der Waals surface area contributed by atoms with Crippen LogP contribution < -0.4 is 5.32 Å². The summed E-state index contributed by atoms with van der Waals surface area (Å²) in [5.41, 5.74) is 2.17. The molecule has 0 radical (unpaired) electrons. The lowest BCUT2D eigenvalue weighted by Crippen LogP contribution is -1.89. The van der Waals surface area contributed by atoms with Crippen molar-refractivity contribution in [3.8, 4) is 0 Å². The van der Waals surface area contributed by atoms with Gasteiger partial charge in [-0.15, -0.1) is 0 Å². The van der Waals surface area contributed by atoms with Crippen molar-refractivity contribution in [3.05, 3.63) is 58.5 Å². The standard InChI is InChI=1S/C12H9ClN3/c13-11-8-10(16-14)6-7-12(11)15-9-4-2-1-3-5-9/h1-8,15H/q+1. The van der Waals surface area contributed by atoms with E-state index in [1.165, 1.54) is 0 Å². The summed E-state index contributed by atoms with van der Waals surface area (Å²) in [6.07, 6.45) is 0. The topological polar surface area (TPSA) is 40.2 Å². The van der Waals surface area contributed by atoms with Gasteiger partial charge in [0.15, 0.2) is 4.98 Å². The summed E-state index contributed by atoms with van der Waals surface area (Å²) >= 11 is 6.02. The average molecular weight is 231 g/mol. The van der Waals surface area contributed by atoms with Crippen LogP contribution >= 0.6 is 11.6 Å². The van der Waals surface area contributed by atoms with Crippen LogP contribution in [0.15, 0.2) is 48.5 Å². The Morgan fingerprint density at radius 2 is 1.81 bits per heavy atom. The van der Waals surface area contributed by atoms with Gasteiger partial charge in [0.05, 0.1) is 16.8 Å². The number of benzene rings is 2. The molecule has 0 saturated heterocycles. The highest BCUT2D eigenvalue weighted by Gasteiger charge is 2.08. The highest BCUT2D eigenvalue weighted by molar-refractivity contribution is 6.33. The summed E-state index contributed by atoms with van der Waals surface area (Å²) in [5, 5.41) is 12.3. The van der Waals surface area contributed by atoms with Gasteiger partial charge in [0.25, 0.3) is 0 Å². The summed E-state index contributed by atoms with van der Waals surface area (Å²) in [6, 6.07) is 14.7. The van der Waals surface area contributed by atoms with Crippen LogP contribution in [0.4, 0.5) is 17.1 Å². The predicted octanol–water partition coefficient (Wildman–Crippen LogP) is 4.57. The molecule has 0 saturated carbocycles. The Labute approximate surface area is 98.3 Å². The first-order valence-corrected chi connectivity index (χ1v) is 5.14. The van der Waals surface area contributed by atoms with Gasteiger partial charge < -0.3 is 5.32 Å². The Bertz CT molecular complexity index is 532. The molecule has 0 aliphatic heterocycles. The van der Waals surface area contributed by atoms with Gasteiger partial charge in [0.2, 0.25) is 5.39 Å². The molecule has 2 aromatic carbocycles. The molecule has 0 unspecified atom stereocenters. The maximum Gasteiger partial charge on any atom is 0.386 e. The molecular weight excluding hydrogens is 222 g/mol. The number of anilines is 2. The molecule has 1 N–H and O–H groups in total. The van der Waals surface area contributed by atoms with Crippen molar-refractivity contribution in [1.82, 2.24) is 0 Å². The van der Waals surface area contributed by atoms with Crippen LogP contribution in [0, 0.1) is 5.39 Å². The number of nitrogens with one attached hydrogen (secondary N) is 1. The van der Waals surface area contributed by atoms with Crippen LogP contribution in [-0.2, 0) is 0 Å². The molecular formula is C12H9ClN3+. The van der Waals surface area contributed by atoms with E-state index < -0.39 is 0 Å². The van der Waals surface area contributed by atoms with Crippen molar-refractivity contribution in [2.75, 3.05) is 5.32 Å². The summed E-state index contributed by atoms with van der Waals surface area (Å²) in [6.45, 7) is 0. The maximum atomic E-state index is 8.59. The van der Waals surface area contributed by atoms with Crippen LogP contribution in [-0.4, -0.2) is 0 Å².